The molecule has 0 bridgehead atoms. The number of carbonyl (C=O) groups excluding carboxylic acids is 4. The van der Waals surface area contributed by atoms with Crippen LogP contribution in [0.3, 0.4) is 0 Å². The van der Waals surface area contributed by atoms with E-state index in [0.717, 1.165) is 0 Å². The Balaban J connectivity index is 4.55. The molecule has 0 spiro atoms. The topological polar surface area (TPSA) is 224 Å². The van der Waals surface area contributed by atoms with Crippen LogP contribution in [0, 0.1) is 5.41 Å². The van der Waals surface area contributed by atoms with Crippen molar-refractivity contribution in [1.29, 1.82) is 0 Å². The number of hydrogen-bond acceptors (Lipinski definition) is 13. The second-order valence-corrected chi connectivity index (χ2v) is 10.5. The largest absolute Gasteiger partial charge is 0.469 e. The monoisotopic (exact) mass is 656 g/mol. The molecule has 17 nitrogen and oxygen atoms in total. The maximum absolute atomic E-state index is 11.8. The standard InChI is InChI=1S/C26H45N2O15P/c1-6-26(19-38-13-16-43-44(33,34)35,17-36-11-14-41-24(31)27-7-9-39-22(29)20(2)3)18-37-12-15-42-25(32)28-8-10-40-23(30)21(4)5/h2,4,6-19H2,1,3,5H3,(H,27,31)(H,28,32)(H2,33,34,35). The summed E-state index contributed by atoms with van der Waals surface area (Å²) in [4.78, 5) is 63.8. The van der Waals surface area contributed by atoms with Crippen LogP contribution in [0.5, 0.6) is 0 Å². The van der Waals surface area contributed by atoms with E-state index in [1.807, 2.05) is 6.92 Å². The number of carbonyl (C=O) groups is 4. The molecule has 0 rings (SSSR count). The summed E-state index contributed by atoms with van der Waals surface area (Å²) < 4.78 is 51.9. The average molecular weight is 657 g/mol. The van der Waals surface area contributed by atoms with Gasteiger partial charge in [-0.15, -0.1) is 0 Å². The van der Waals surface area contributed by atoms with Gasteiger partial charge in [-0.25, -0.2) is 23.7 Å². The summed E-state index contributed by atoms with van der Waals surface area (Å²) >= 11 is 0. The number of esters is 2. The molecule has 0 unspecified atom stereocenters. The Morgan fingerprint density at radius 1 is 0.659 bits per heavy atom. The number of phosphoric acid groups is 1. The predicted molar refractivity (Wildman–Crippen MR) is 153 cm³/mol. The zero-order chi connectivity index (χ0) is 33.4. The third-order valence-electron chi connectivity index (χ3n) is 5.29. The second-order valence-electron chi connectivity index (χ2n) is 9.29. The van der Waals surface area contributed by atoms with Gasteiger partial charge in [0.05, 0.1) is 59.3 Å². The molecular weight excluding hydrogens is 611 g/mol. The van der Waals surface area contributed by atoms with Gasteiger partial charge >= 0.3 is 31.9 Å². The molecule has 0 saturated heterocycles. The number of alkyl carbamates (subject to hydrolysis) is 2. The quantitative estimate of drug-likeness (QED) is 0.0357. The molecule has 0 aliphatic carbocycles. The number of rotatable bonds is 25. The van der Waals surface area contributed by atoms with Crippen molar-refractivity contribution in [2.75, 3.05) is 85.8 Å². The minimum atomic E-state index is -4.63. The smallest absolute Gasteiger partial charge is 0.460 e. The Labute approximate surface area is 256 Å². The van der Waals surface area contributed by atoms with Crippen molar-refractivity contribution in [2.24, 2.45) is 5.41 Å². The molecule has 0 aliphatic heterocycles. The summed E-state index contributed by atoms with van der Waals surface area (Å²) in [5.74, 6) is -1.13. The lowest BCUT2D eigenvalue weighted by Gasteiger charge is -2.32. The number of ether oxygens (including phenoxy) is 7. The zero-order valence-corrected chi connectivity index (χ0v) is 26.4. The van der Waals surface area contributed by atoms with E-state index in [4.69, 9.17) is 42.9 Å². The summed E-state index contributed by atoms with van der Waals surface area (Å²) in [6.45, 7) is 11.5. The molecule has 2 amide bonds. The number of amides is 2. The van der Waals surface area contributed by atoms with Crippen LogP contribution in [-0.2, 0) is 51.8 Å². The molecule has 0 atom stereocenters. The lowest BCUT2D eigenvalue weighted by Crippen LogP contribution is -2.38. The van der Waals surface area contributed by atoms with E-state index < -0.39 is 37.4 Å². The maximum Gasteiger partial charge on any atom is 0.469 e. The first-order valence-electron chi connectivity index (χ1n) is 13.6. The summed E-state index contributed by atoms with van der Waals surface area (Å²) in [5, 5.41) is 4.84. The fourth-order valence-corrected chi connectivity index (χ4v) is 3.15. The Hall–Kier alpha value is -3.05. The molecular formula is C26H45N2O15P. The van der Waals surface area contributed by atoms with Gasteiger partial charge in [0.25, 0.3) is 0 Å². The number of phosphoric ester groups is 1. The summed E-state index contributed by atoms with van der Waals surface area (Å²) in [5.41, 5.74) is -0.231. The van der Waals surface area contributed by atoms with E-state index in [-0.39, 0.29) is 96.9 Å². The molecule has 18 heteroatoms. The van der Waals surface area contributed by atoms with Crippen molar-refractivity contribution in [2.45, 2.75) is 27.2 Å². The van der Waals surface area contributed by atoms with Crippen molar-refractivity contribution in [1.82, 2.24) is 10.6 Å². The molecule has 0 heterocycles. The van der Waals surface area contributed by atoms with E-state index in [2.05, 4.69) is 28.3 Å². The highest BCUT2D eigenvalue weighted by Gasteiger charge is 2.30. The normalized spacial score (nSPS) is 11.3. The van der Waals surface area contributed by atoms with Gasteiger partial charge in [0.15, 0.2) is 0 Å². The van der Waals surface area contributed by atoms with Crippen LogP contribution >= 0.6 is 7.82 Å². The van der Waals surface area contributed by atoms with E-state index in [1.165, 1.54) is 13.8 Å². The minimum absolute atomic E-state index is 0.0338. The third kappa shape index (κ3) is 22.5. The first kappa shape index (κ1) is 41.0. The molecule has 0 aromatic rings. The van der Waals surface area contributed by atoms with Crippen molar-refractivity contribution in [3.63, 3.8) is 0 Å². The lowest BCUT2D eigenvalue weighted by molar-refractivity contribution is -0.139. The molecule has 0 aromatic heterocycles. The SMILES string of the molecule is C=C(C)C(=O)OCCNC(=O)OCCOCC(CC)(COCCOC(=O)NCCOC(=O)C(=C)C)COCCOP(=O)(O)O. The Morgan fingerprint density at radius 3 is 1.39 bits per heavy atom. The van der Waals surface area contributed by atoms with Gasteiger partial charge in [0.2, 0.25) is 0 Å². The number of nitrogens with one attached hydrogen (secondary N) is 2. The molecule has 0 fully saturated rings. The third-order valence-corrected chi connectivity index (χ3v) is 5.81. The highest BCUT2D eigenvalue weighted by Crippen LogP contribution is 2.35. The fourth-order valence-electron chi connectivity index (χ4n) is 2.84. The first-order chi connectivity index (χ1) is 20.7. The van der Waals surface area contributed by atoms with Crippen LogP contribution in [0.15, 0.2) is 24.3 Å². The van der Waals surface area contributed by atoms with Crippen molar-refractivity contribution >= 4 is 31.9 Å². The summed E-state index contributed by atoms with van der Waals surface area (Å²) in [7, 11) is -4.63. The van der Waals surface area contributed by atoms with Gasteiger partial charge in [-0.1, -0.05) is 20.1 Å². The van der Waals surface area contributed by atoms with Crippen molar-refractivity contribution in [3.8, 4) is 0 Å². The minimum Gasteiger partial charge on any atom is -0.460 e. The van der Waals surface area contributed by atoms with Crippen LogP contribution in [-0.4, -0.2) is 120 Å². The Morgan fingerprint density at radius 2 is 1.05 bits per heavy atom. The van der Waals surface area contributed by atoms with Gasteiger partial charge in [-0.05, 0) is 20.3 Å². The van der Waals surface area contributed by atoms with Crippen LogP contribution in [0.1, 0.15) is 27.2 Å². The summed E-state index contributed by atoms with van der Waals surface area (Å²) in [6, 6.07) is 0. The Kier molecular flexibility index (Phi) is 21.7. The number of hydrogen-bond donors (Lipinski definition) is 4. The zero-order valence-electron chi connectivity index (χ0n) is 25.5. The van der Waals surface area contributed by atoms with Gasteiger partial charge in [0.1, 0.15) is 26.4 Å². The Bertz CT molecular complexity index is 913. The van der Waals surface area contributed by atoms with Gasteiger partial charge in [-0.3, -0.25) is 4.52 Å². The van der Waals surface area contributed by atoms with E-state index >= 15 is 0 Å². The first-order valence-corrected chi connectivity index (χ1v) is 15.1. The van der Waals surface area contributed by atoms with Crippen molar-refractivity contribution < 1.29 is 71.2 Å². The molecule has 0 saturated carbocycles. The van der Waals surface area contributed by atoms with E-state index in [9.17, 15) is 23.7 Å². The molecule has 44 heavy (non-hydrogen) atoms. The lowest BCUT2D eigenvalue weighted by atomic mass is 9.88. The van der Waals surface area contributed by atoms with Gasteiger partial charge in [0, 0.05) is 16.6 Å². The van der Waals surface area contributed by atoms with E-state index in [0.29, 0.717) is 6.42 Å². The summed E-state index contributed by atoms with van der Waals surface area (Å²) in [6.07, 6.45) is -0.952. The predicted octanol–water partition coefficient (Wildman–Crippen LogP) is 1.23. The maximum atomic E-state index is 11.8. The molecule has 254 valence electrons. The molecule has 0 aliphatic rings. The van der Waals surface area contributed by atoms with Crippen LogP contribution in [0.2, 0.25) is 0 Å². The van der Waals surface area contributed by atoms with Gasteiger partial charge in [-0.2, -0.15) is 0 Å². The molecule has 0 radical (unpaired) electrons. The van der Waals surface area contributed by atoms with Crippen molar-refractivity contribution in [3.05, 3.63) is 24.3 Å². The average Bonchev–Trinajstić information content (AvgIpc) is 2.95. The van der Waals surface area contributed by atoms with Crippen LogP contribution in [0.4, 0.5) is 9.59 Å². The highest BCUT2D eigenvalue weighted by atomic mass is 31.2. The second kappa shape index (κ2) is 23.3. The fraction of sp³-hybridized carbons (Fsp3) is 0.692. The molecule has 4 N–H and O–H groups in total. The highest BCUT2D eigenvalue weighted by molar-refractivity contribution is 7.46. The molecule has 0 aromatic carbocycles. The van der Waals surface area contributed by atoms with Gasteiger partial charge < -0.3 is 53.6 Å². The van der Waals surface area contributed by atoms with Crippen LogP contribution in [0.25, 0.3) is 0 Å². The van der Waals surface area contributed by atoms with Crippen LogP contribution < -0.4 is 10.6 Å². The van der Waals surface area contributed by atoms with E-state index in [1.54, 1.807) is 0 Å².